The molecule has 0 saturated carbocycles. The fraction of sp³-hybridized carbons (Fsp3) is 0.0625. The molecule has 3 nitrogen and oxygen atoms in total. The number of nitrogens with zero attached hydrogens (tertiary/aromatic N) is 1. The van der Waals surface area contributed by atoms with Gasteiger partial charge in [0.2, 0.25) is 5.88 Å². The Labute approximate surface area is 111 Å². The number of fused-ring (bicyclic) bond motifs is 1. The Morgan fingerprint density at radius 1 is 0.895 bits per heavy atom. The van der Waals surface area contributed by atoms with E-state index in [9.17, 15) is 0 Å². The number of ether oxygens (including phenoxy) is 1. The van der Waals surface area contributed by atoms with Gasteiger partial charge in [0, 0.05) is 16.3 Å². The van der Waals surface area contributed by atoms with Gasteiger partial charge in [0.15, 0.2) is 0 Å². The number of pyridine rings is 1. The number of nitrogen functional groups attached to an aromatic ring is 1. The van der Waals surface area contributed by atoms with Crippen LogP contribution in [0.4, 0.5) is 5.69 Å². The van der Waals surface area contributed by atoms with Crippen molar-refractivity contribution < 1.29 is 4.74 Å². The third-order valence-corrected chi connectivity index (χ3v) is 3.16. The van der Waals surface area contributed by atoms with Crippen molar-refractivity contribution in [3.63, 3.8) is 0 Å². The van der Waals surface area contributed by atoms with E-state index in [0.29, 0.717) is 11.6 Å². The summed E-state index contributed by atoms with van der Waals surface area (Å²) in [5, 5.41) is 1.90. The predicted molar refractivity (Wildman–Crippen MR) is 78.1 cm³/mol. The lowest BCUT2D eigenvalue weighted by Gasteiger charge is -2.12. The molecule has 2 aromatic carbocycles. The Hall–Kier alpha value is -2.55. The van der Waals surface area contributed by atoms with E-state index < -0.39 is 0 Å². The number of methoxy groups -OCH3 is 1. The SMILES string of the molecule is COc1nc(-c2ccccc2)c(N)c2ccccc12. The topological polar surface area (TPSA) is 48.1 Å². The molecule has 3 aromatic rings. The molecule has 0 unspecified atom stereocenters. The van der Waals surface area contributed by atoms with Gasteiger partial charge in [0.25, 0.3) is 0 Å². The standard InChI is InChI=1S/C16H14N2O/c1-19-16-13-10-6-5-9-12(13)14(17)15(18-16)11-7-3-2-4-8-11/h2-10H,17H2,1H3. The summed E-state index contributed by atoms with van der Waals surface area (Å²) in [6, 6.07) is 17.8. The minimum atomic E-state index is 0.601. The monoisotopic (exact) mass is 250 g/mol. The van der Waals surface area contributed by atoms with Gasteiger partial charge >= 0.3 is 0 Å². The minimum absolute atomic E-state index is 0.601. The van der Waals surface area contributed by atoms with Crippen molar-refractivity contribution in [1.29, 1.82) is 0 Å². The van der Waals surface area contributed by atoms with E-state index >= 15 is 0 Å². The highest BCUT2D eigenvalue weighted by Gasteiger charge is 2.12. The molecule has 1 heterocycles. The highest BCUT2D eigenvalue weighted by atomic mass is 16.5. The normalized spacial score (nSPS) is 10.6. The Morgan fingerprint density at radius 3 is 2.21 bits per heavy atom. The molecule has 0 radical (unpaired) electrons. The molecule has 3 heteroatoms. The Morgan fingerprint density at radius 2 is 1.53 bits per heavy atom. The Kier molecular flexibility index (Phi) is 2.80. The molecule has 0 fully saturated rings. The van der Waals surface area contributed by atoms with E-state index in [1.807, 2.05) is 54.6 Å². The van der Waals surface area contributed by atoms with Crippen molar-refractivity contribution in [2.24, 2.45) is 0 Å². The van der Waals surface area contributed by atoms with E-state index in [4.69, 9.17) is 10.5 Å². The minimum Gasteiger partial charge on any atom is -0.481 e. The first kappa shape index (κ1) is 11.5. The molecule has 0 amide bonds. The maximum atomic E-state index is 6.26. The zero-order chi connectivity index (χ0) is 13.2. The largest absolute Gasteiger partial charge is 0.481 e. The third kappa shape index (κ3) is 1.89. The van der Waals surface area contributed by atoms with Gasteiger partial charge in [-0.25, -0.2) is 4.98 Å². The van der Waals surface area contributed by atoms with Crippen LogP contribution in [0.3, 0.4) is 0 Å². The highest BCUT2D eigenvalue weighted by molar-refractivity contribution is 6.01. The number of hydrogen-bond acceptors (Lipinski definition) is 3. The smallest absolute Gasteiger partial charge is 0.221 e. The summed E-state index contributed by atoms with van der Waals surface area (Å²) in [5.41, 5.74) is 8.69. The van der Waals surface area contributed by atoms with Gasteiger partial charge in [-0.2, -0.15) is 0 Å². The molecule has 0 aliphatic carbocycles. The number of rotatable bonds is 2. The maximum Gasteiger partial charge on any atom is 0.221 e. The zero-order valence-electron chi connectivity index (χ0n) is 10.6. The lowest BCUT2D eigenvalue weighted by molar-refractivity contribution is 0.404. The van der Waals surface area contributed by atoms with Crippen molar-refractivity contribution >= 4 is 16.5 Å². The number of aromatic nitrogens is 1. The summed E-state index contributed by atoms with van der Waals surface area (Å²) in [6.45, 7) is 0. The molecule has 1 aromatic heterocycles. The fourth-order valence-electron chi connectivity index (χ4n) is 2.23. The second-order valence-electron chi connectivity index (χ2n) is 4.29. The van der Waals surface area contributed by atoms with Crippen molar-refractivity contribution in [2.45, 2.75) is 0 Å². The predicted octanol–water partition coefficient (Wildman–Crippen LogP) is 3.49. The molecule has 19 heavy (non-hydrogen) atoms. The van der Waals surface area contributed by atoms with Gasteiger partial charge < -0.3 is 10.5 Å². The van der Waals surface area contributed by atoms with Crippen LogP contribution < -0.4 is 10.5 Å². The summed E-state index contributed by atoms with van der Waals surface area (Å²) in [4.78, 5) is 4.54. The van der Waals surface area contributed by atoms with E-state index in [2.05, 4.69) is 4.98 Å². The summed E-state index contributed by atoms with van der Waals surface area (Å²) in [7, 11) is 1.62. The van der Waals surface area contributed by atoms with Crippen LogP contribution in [0.25, 0.3) is 22.0 Å². The quantitative estimate of drug-likeness (QED) is 0.757. The maximum absolute atomic E-state index is 6.26. The third-order valence-electron chi connectivity index (χ3n) is 3.16. The van der Waals surface area contributed by atoms with Crippen molar-refractivity contribution in [2.75, 3.05) is 12.8 Å². The first-order valence-corrected chi connectivity index (χ1v) is 6.09. The molecule has 94 valence electrons. The summed E-state index contributed by atoms with van der Waals surface area (Å²) in [5.74, 6) is 0.601. The molecule has 3 rings (SSSR count). The summed E-state index contributed by atoms with van der Waals surface area (Å²) >= 11 is 0. The second-order valence-corrected chi connectivity index (χ2v) is 4.29. The molecule has 0 bridgehead atoms. The molecule has 0 aliphatic heterocycles. The molecule has 0 saturated heterocycles. The van der Waals surface area contributed by atoms with E-state index in [0.717, 1.165) is 22.0 Å². The highest BCUT2D eigenvalue weighted by Crippen LogP contribution is 2.35. The lowest BCUT2D eigenvalue weighted by Crippen LogP contribution is -1.98. The van der Waals surface area contributed by atoms with Gasteiger partial charge in [0.05, 0.1) is 18.5 Å². The molecule has 0 aliphatic rings. The number of nitrogens with two attached hydrogens (primary N) is 1. The number of hydrogen-bond donors (Lipinski definition) is 1. The van der Waals surface area contributed by atoms with Crippen LogP contribution in [-0.4, -0.2) is 12.1 Å². The number of anilines is 1. The molecule has 2 N–H and O–H groups in total. The van der Waals surface area contributed by atoms with Gasteiger partial charge in [-0.15, -0.1) is 0 Å². The second kappa shape index (κ2) is 4.61. The molecular weight excluding hydrogens is 236 g/mol. The average Bonchev–Trinajstić information content (AvgIpc) is 2.49. The first-order valence-electron chi connectivity index (χ1n) is 6.09. The van der Waals surface area contributed by atoms with Crippen LogP contribution in [0.5, 0.6) is 5.88 Å². The fourth-order valence-corrected chi connectivity index (χ4v) is 2.23. The van der Waals surface area contributed by atoms with E-state index in [-0.39, 0.29) is 0 Å². The van der Waals surface area contributed by atoms with Crippen LogP contribution in [-0.2, 0) is 0 Å². The number of benzene rings is 2. The first-order chi connectivity index (χ1) is 9.31. The zero-order valence-corrected chi connectivity index (χ0v) is 10.6. The van der Waals surface area contributed by atoms with Gasteiger partial charge in [-0.05, 0) is 6.07 Å². The van der Waals surface area contributed by atoms with E-state index in [1.165, 1.54) is 0 Å². The summed E-state index contributed by atoms with van der Waals surface area (Å²) < 4.78 is 5.38. The molecule has 0 spiro atoms. The van der Waals surface area contributed by atoms with Crippen molar-refractivity contribution in [1.82, 2.24) is 4.98 Å². The van der Waals surface area contributed by atoms with E-state index in [1.54, 1.807) is 7.11 Å². The van der Waals surface area contributed by atoms with Crippen LogP contribution in [0.15, 0.2) is 54.6 Å². The Bertz CT molecular complexity index is 723. The van der Waals surface area contributed by atoms with Gasteiger partial charge in [0.1, 0.15) is 0 Å². The van der Waals surface area contributed by atoms with Gasteiger partial charge in [-0.1, -0.05) is 48.5 Å². The summed E-state index contributed by atoms with van der Waals surface area (Å²) in [6.07, 6.45) is 0. The van der Waals surface area contributed by atoms with Crippen LogP contribution in [0.1, 0.15) is 0 Å². The van der Waals surface area contributed by atoms with Crippen LogP contribution >= 0.6 is 0 Å². The lowest BCUT2D eigenvalue weighted by atomic mass is 10.0. The molecular formula is C16H14N2O. The average molecular weight is 250 g/mol. The van der Waals surface area contributed by atoms with Gasteiger partial charge in [-0.3, -0.25) is 0 Å². The van der Waals surface area contributed by atoms with Crippen LogP contribution in [0.2, 0.25) is 0 Å². The van der Waals surface area contributed by atoms with Crippen LogP contribution in [0, 0.1) is 0 Å². The van der Waals surface area contributed by atoms with Crippen molar-refractivity contribution in [3.8, 4) is 17.1 Å². The van der Waals surface area contributed by atoms with Crippen molar-refractivity contribution in [3.05, 3.63) is 54.6 Å². The Balaban J connectivity index is 2.35. The molecule has 0 atom stereocenters.